The van der Waals surface area contributed by atoms with Gasteiger partial charge in [0.25, 0.3) is 0 Å². The van der Waals surface area contributed by atoms with E-state index >= 15 is 0 Å². The highest BCUT2D eigenvalue weighted by Crippen LogP contribution is 2.32. The summed E-state index contributed by atoms with van der Waals surface area (Å²) >= 11 is 0. The predicted molar refractivity (Wildman–Crippen MR) is 101 cm³/mol. The first kappa shape index (κ1) is 24.2. The quantitative estimate of drug-likeness (QED) is 0.608. The van der Waals surface area contributed by atoms with Crippen LogP contribution in [0.15, 0.2) is 0 Å². The summed E-state index contributed by atoms with van der Waals surface area (Å²) in [4.78, 5) is 0. The summed E-state index contributed by atoms with van der Waals surface area (Å²) in [5, 5.41) is 32.5. The molecule has 3 aliphatic rings. The van der Waals surface area contributed by atoms with E-state index in [0.717, 1.165) is 0 Å². The Balaban J connectivity index is 1.56. The minimum Gasteiger partial charge on any atom is -0.390 e. The Bertz CT molecular complexity index is 524. The van der Waals surface area contributed by atoms with E-state index in [0.29, 0.717) is 6.42 Å². The molecule has 3 fully saturated rings. The predicted octanol–water partition coefficient (Wildman–Crippen LogP) is 0.344. The number of ether oxygens (including phenoxy) is 7. The van der Waals surface area contributed by atoms with Gasteiger partial charge < -0.3 is 43.4 Å². The molecule has 3 aliphatic heterocycles. The molecule has 12 atom stereocenters. The summed E-state index contributed by atoms with van der Waals surface area (Å²) in [6, 6.07) is 0. The minimum atomic E-state index is -1.15. The fraction of sp³-hybridized carbons (Fsp3) is 1.00. The third-order valence-electron chi connectivity index (χ3n) is 6.14. The molecular weight excluding hydrogens is 400 g/mol. The molecule has 3 heterocycles. The molecule has 0 bridgehead atoms. The van der Waals surface area contributed by atoms with Gasteiger partial charge in [-0.25, -0.2) is 5.11 Å². The average Bonchev–Trinajstić information content (AvgIpc) is 2.69. The zero-order valence-electron chi connectivity index (χ0n) is 18.2. The summed E-state index contributed by atoms with van der Waals surface area (Å²) in [6.45, 7) is 5.30. The number of hydrogen-bond acceptors (Lipinski definition) is 9. The second-order valence-corrected chi connectivity index (χ2v) is 8.33. The van der Waals surface area contributed by atoms with Crippen molar-refractivity contribution >= 4 is 0 Å². The number of aliphatic hydroxyl groups is 2. The lowest BCUT2D eigenvalue weighted by Gasteiger charge is -2.44. The van der Waals surface area contributed by atoms with Gasteiger partial charge in [0.1, 0.15) is 18.3 Å². The molecule has 0 aromatic rings. The minimum absolute atomic E-state index is 0.186. The van der Waals surface area contributed by atoms with Crippen LogP contribution in [0.4, 0.5) is 0 Å². The van der Waals surface area contributed by atoms with Crippen LogP contribution < -0.4 is 0 Å². The molecule has 3 saturated heterocycles. The third kappa shape index (κ3) is 5.50. The molecule has 2 N–H and O–H groups in total. The lowest BCUT2D eigenvalue weighted by Crippen LogP contribution is -2.56. The van der Waals surface area contributed by atoms with Crippen molar-refractivity contribution in [1.29, 1.82) is 0 Å². The number of rotatable bonds is 6. The van der Waals surface area contributed by atoms with Crippen LogP contribution in [0.25, 0.3) is 0 Å². The molecular formula is C20H35O10. The standard InChI is InChI=1S/C20H35O10/c1-9-18(23)13(24-4)8-17(27-9)29-19-10(2)28-16(6-12(19)21)30-20-11(3)26-15(22)7-14(20)25-5/h9-21,23H,6-8H2,1-5H3/t9-,10+,11+,12-,13-,14-,15?,16-,17-,18-,19+,20+/m0/s1. The lowest BCUT2D eigenvalue weighted by molar-refractivity contribution is -0.335. The van der Waals surface area contributed by atoms with Crippen molar-refractivity contribution in [3.05, 3.63) is 0 Å². The van der Waals surface area contributed by atoms with Crippen molar-refractivity contribution in [2.75, 3.05) is 14.2 Å². The van der Waals surface area contributed by atoms with E-state index in [4.69, 9.17) is 33.2 Å². The van der Waals surface area contributed by atoms with Gasteiger partial charge >= 0.3 is 0 Å². The second-order valence-electron chi connectivity index (χ2n) is 8.33. The highest BCUT2D eigenvalue weighted by atomic mass is 16.7. The maximum absolute atomic E-state index is 11.7. The molecule has 1 unspecified atom stereocenters. The van der Waals surface area contributed by atoms with Gasteiger partial charge in [-0.05, 0) is 20.8 Å². The van der Waals surface area contributed by atoms with Crippen LogP contribution in [0.3, 0.4) is 0 Å². The average molecular weight is 435 g/mol. The normalized spacial score (nSPS) is 50.4. The smallest absolute Gasteiger partial charge is 0.194 e. The van der Waals surface area contributed by atoms with Gasteiger partial charge in [-0.15, -0.1) is 0 Å². The molecule has 0 aromatic carbocycles. The first-order valence-corrected chi connectivity index (χ1v) is 10.6. The Morgan fingerprint density at radius 2 is 1.30 bits per heavy atom. The van der Waals surface area contributed by atoms with Crippen LogP contribution in [-0.2, 0) is 38.3 Å². The van der Waals surface area contributed by atoms with Crippen molar-refractivity contribution in [2.45, 2.75) is 114 Å². The van der Waals surface area contributed by atoms with Gasteiger partial charge in [0.2, 0.25) is 0 Å². The molecule has 0 aromatic heterocycles. The summed E-state index contributed by atoms with van der Waals surface area (Å²) in [5.74, 6) is 0. The van der Waals surface area contributed by atoms with Gasteiger partial charge in [0, 0.05) is 33.5 Å². The Kier molecular flexibility index (Phi) is 8.47. The molecule has 0 aliphatic carbocycles. The maximum atomic E-state index is 11.7. The molecule has 10 nitrogen and oxygen atoms in total. The van der Waals surface area contributed by atoms with Gasteiger partial charge in [0.15, 0.2) is 18.9 Å². The van der Waals surface area contributed by atoms with Crippen molar-refractivity contribution < 1.29 is 48.5 Å². The fourth-order valence-electron chi connectivity index (χ4n) is 4.41. The third-order valence-corrected chi connectivity index (χ3v) is 6.14. The summed E-state index contributed by atoms with van der Waals surface area (Å²) in [7, 11) is 3.06. The van der Waals surface area contributed by atoms with Crippen LogP contribution in [0, 0.1) is 0 Å². The van der Waals surface area contributed by atoms with E-state index < -0.39 is 73.8 Å². The van der Waals surface area contributed by atoms with Gasteiger partial charge in [-0.2, -0.15) is 0 Å². The van der Waals surface area contributed by atoms with Crippen LogP contribution in [-0.4, -0.2) is 98.2 Å². The summed E-state index contributed by atoms with van der Waals surface area (Å²) in [5.41, 5.74) is 0. The van der Waals surface area contributed by atoms with Crippen LogP contribution >= 0.6 is 0 Å². The molecule has 0 amide bonds. The monoisotopic (exact) mass is 435 g/mol. The second kappa shape index (κ2) is 10.5. The first-order valence-electron chi connectivity index (χ1n) is 10.6. The fourth-order valence-corrected chi connectivity index (χ4v) is 4.41. The number of aliphatic hydroxyl groups excluding tert-OH is 2. The van der Waals surface area contributed by atoms with Gasteiger partial charge in [-0.1, -0.05) is 0 Å². The number of hydrogen-bond donors (Lipinski definition) is 2. The SMILES string of the molecule is CO[C@H]1C[C@H](O[C@H]2[C@@H](O)C[C@H](O[C@H]3[C@@H](OC)CC([O])O[C@@H]3C)O[C@@H]2C)O[C@@H](C)[C@@H]1O. The van der Waals surface area contributed by atoms with E-state index in [1.165, 1.54) is 14.2 Å². The Morgan fingerprint density at radius 3 is 1.93 bits per heavy atom. The zero-order valence-corrected chi connectivity index (χ0v) is 18.2. The first-order chi connectivity index (χ1) is 14.2. The highest BCUT2D eigenvalue weighted by molar-refractivity contribution is 4.88. The Labute approximate surface area is 177 Å². The Morgan fingerprint density at radius 1 is 0.733 bits per heavy atom. The molecule has 3 rings (SSSR count). The van der Waals surface area contributed by atoms with Crippen molar-refractivity contribution in [3.8, 4) is 0 Å². The highest BCUT2D eigenvalue weighted by Gasteiger charge is 2.45. The van der Waals surface area contributed by atoms with Gasteiger partial charge in [0.05, 0.1) is 36.6 Å². The van der Waals surface area contributed by atoms with Crippen molar-refractivity contribution in [1.82, 2.24) is 0 Å². The van der Waals surface area contributed by atoms with E-state index in [1.807, 2.05) is 0 Å². The van der Waals surface area contributed by atoms with E-state index in [1.54, 1.807) is 20.8 Å². The van der Waals surface area contributed by atoms with E-state index in [9.17, 15) is 15.3 Å². The van der Waals surface area contributed by atoms with E-state index in [-0.39, 0.29) is 12.8 Å². The summed E-state index contributed by atoms with van der Waals surface area (Å²) in [6.07, 6.45) is -6.62. The van der Waals surface area contributed by atoms with Gasteiger partial charge in [-0.3, -0.25) is 0 Å². The zero-order chi connectivity index (χ0) is 22.0. The summed E-state index contributed by atoms with van der Waals surface area (Å²) < 4.78 is 39.7. The van der Waals surface area contributed by atoms with Crippen LogP contribution in [0.1, 0.15) is 40.0 Å². The number of methoxy groups -OCH3 is 2. The molecule has 1 radical (unpaired) electrons. The molecule has 175 valence electrons. The van der Waals surface area contributed by atoms with Crippen LogP contribution in [0.5, 0.6) is 0 Å². The van der Waals surface area contributed by atoms with Crippen molar-refractivity contribution in [2.24, 2.45) is 0 Å². The molecule has 0 spiro atoms. The maximum Gasteiger partial charge on any atom is 0.194 e. The topological polar surface area (TPSA) is 125 Å². The molecule has 30 heavy (non-hydrogen) atoms. The molecule has 10 heteroatoms. The lowest BCUT2D eigenvalue weighted by atomic mass is 9.99. The largest absolute Gasteiger partial charge is 0.390 e. The van der Waals surface area contributed by atoms with Crippen LogP contribution in [0.2, 0.25) is 0 Å². The van der Waals surface area contributed by atoms with E-state index in [2.05, 4.69) is 0 Å². The van der Waals surface area contributed by atoms with Crippen molar-refractivity contribution in [3.63, 3.8) is 0 Å². The molecule has 0 saturated carbocycles. The Hall–Kier alpha value is -0.400.